The summed E-state index contributed by atoms with van der Waals surface area (Å²) in [6, 6.07) is 17.8. The molecule has 41 heavy (non-hydrogen) atoms. The Labute approximate surface area is 240 Å². The van der Waals surface area contributed by atoms with Crippen LogP contribution in [0.25, 0.3) is 10.9 Å². The Balaban J connectivity index is 1.46. The molecule has 8 N–H and O–H groups in total. The molecule has 2 aromatic heterocycles. The van der Waals surface area contributed by atoms with E-state index in [0.29, 0.717) is 57.1 Å². The minimum Gasteiger partial charge on any atom is -0.343 e. The van der Waals surface area contributed by atoms with Crippen molar-refractivity contribution in [2.24, 2.45) is 17.2 Å². The van der Waals surface area contributed by atoms with Crippen molar-refractivity contribution in [3.63, 3.8) is 0 Å². The van der Waals surface area contributed by atoms with E-state index in [1.54, 1.807) is 12.5 Å². The Morgan fingerprint density at radius 1 is 0.927 bits per heavy atom. The van der Waals surface area contributed by atoms with Crippen molar-refractivity contribution in [1.82, 2.24) is 24.8 Å². The van der Waals surface area contributed by atoms with Crippen molar-refractivity contribution < 1.29 is 9.59 Å². The van der Waals surface area contributed by atoms with Crippen molar-refractivity contribution in [1.29, 1.82) is 0 Å². The van der Waals surface area contributed by atoms with E-state index in [0.717, 1.165) is 16.5 Å². The Hall–Kier alpha value is -4.16. The lowest BCUT2D eigenvalue weighted by Crippen LogP contribution is -2.51. The SMILES string of the molecule is NCCN(CCN)CCC(N)C(=O)NC(Cc1cn(Cc2ccccc2)cn1)C(=O)Nc1cnc2ccccc2c1. The summed E-state index contributed by atoms with van der Waals surface area (Å²) in [6.45, 7) is 3.54. The maximum absolute atomic E-state index is 13.5. The molecule has 0 radical (unpaired) electrons. The van der Waals surface area contributed by atoms with Gasteiger partial charge in [0.25, 0.3) is 0 Å². The molecule has 0 saturated carbocycles. The first-order valence-corrected chi connectivity index (χ1v) is 13.8. The smallest absolute Gasteiger partial charge is 0.247 e. The van der Waals surface area contributed by atoms with Crippen LogP contribution in [0.2, 0.25) is 0 Å². The molecule has 2 heterocycles. The molecular formula is C30H39N9O2. The van der Waals surface area contributed by atoms with Crippen molar-refractivity contribution >= 4 is 28.4 Å². The third-order valence-electron chi connectivity index (χ3n) is 6.78. The highest BCUT2D eigenvalue weighted by Gasteiger charge is 2.25. The van der Waals surface area contributed by atoms with Crippen molar-refractivity contribution in [2.75, 3.05) is 38.0 Å². The summed E-state index contributed by atoms with van der Waals surface area (Å²) in [5.74, 6) is -0.793. The number of para-hydroxylation sites is 1. The van der Waals surface area contributed by atoms with E-state index in [-0.39, 0.29) is 12.3 Å². The number of benzene rings is 2. The number of rotatable bonds is 15. The van der Waals surface area contributed by atoms with E-state index in [9.17, 15) is 9.59 Å². The van der Waals surface area contributed by atoms with Crippen LogP contribution in [0.3, 0.4) is 0 Å². The summed E-state index contributed by atoms with van der Waals surface area (Å²) in [7, 11) is 0. The summed E-state index contributed by atoms with van der Waals surface area (Å²) >= 11 is 0. The van der Waals surface area contributed by atoms with Gasteiger partial charge in [-0.15, -0.1) is 0 Å². The third-order valence-corrected chi connectivity index (χ3v) is 6.78. The molecule has 2 unspecified atom stereocenters. The molecular weight excluding hydrogens is 518 g/mol. The van der Waals surface area contributed by atoms with Crippen molar-refractivity contribution in [2.45, 2.75) is 31.5 Å². The summed E-state index contributed by atoms with van der Waals surface area (Å²) < 4.78 is 1.95. The zero-order valence-corrected chi connectivity index (χ0v) is 23.2. The summed E-state index contributed by atoms with van der Waals surface area (Å²) in [5, 5.41) is 6.65. The van der Waals surface area contributed by atoms with Crippen molar-refractivity contribution in [3.8, 4) is 0 Å². The fourth-order valence-corrected chi connectivity index (χ4v) is 4.61. The van der Waals surface area contributed by atoms with Crippen LogP contribution in [0.15, 0.2) is 79.4 Å². The van der Waals surface area contributed by atoms with Gasteiger partial charge in [0.2, 0.25) is 11.8 Å². The average molecular weight is 558 g/mol. The molecule has 4 rings (SSSR count). The van der Waals surface area contributed by atoms with Gasteiger partial charge in [0.1, 0.15) is 6.04 Å². The average Bonchev–Trinajstić information content (AvgIpc) is 3.42. The largest absolute Gasteiger partial charge is 0.343 e. The number of pyridine rings is 1. The predicted molar refractivity (Wildman–Crippen MR) is 161 cm³/mol. The maximum atomic E-state index is 13.5. The highest BCUT2D eigenvalue weighted by atomic mass is 16.2. The maximum Gasteiger partial charge on any atom is 0.247 e. The highest BCUT2D eigenvalue weighted by Crippen LogP contribution is 2.17. The number of fused-ring (bicyclic) bond motifs is 1. The van der Waals surface area contributed by atoms with Crippen LogP contribution in [-0.4, -0.2) is 76.1 Å². The molecule has 2 atom stereocenters. The number of carbonyl (C=O) groups is 2. The normalized spacial score (nSPS) is 12.8. The zero-order chi connectivity index (χ0) is 29.0. The number of imidazole rings is 1. The van der Waals surface area contributed by atoms with E-state index >= 15 is 0 Å². The fourth-order valence-electron chi connectivity index (χ4n) is 4.61. The number of nitrogens with two attached hydrogens (primary N) is 3. The summed E-state index contributed by atoms with van der Waals surface area (Å²) in [4.78, 5) is 37.6. The zero-order valence-electron chi connectivity index (χ0n) is 23.2. The minimum atomic E-state index is -0.899. The van der Waals surface area contributed by atoms with Crippen LogP contribution < -0.4 is 27.8 Å². The molecule has 0 aliphatic rings. The molecule has 0 saturated heterocycles. The quantitative estimate of drug-likeness (QED) is 0.145. The third kappa shape index (κ3) is 8.92. The van der Waals surface area contributed by atoms with E-state index in [2.05, 4.69) is 25.5 Å². The van der Waals surface area contributed by atoms with Gasteiger partial charge in [0.05, 0.1) is 35.5 Å². The van der Waals surface area contributed by atoms with E-state index in [1.807, 2.05) is 71.4 Å². The van der Waals surface area contributed by atoms with Gasteiger partial charge in [-0.05, 0) is 24.1 Å². The number of aromatic nitrogens is 3. The van der Waals surface area contributed by atoms with Gasteiger partial charge in [0, 0.05) is 57.3 Å². The summed E-state index contributed by atoms with van der Waals surface area (Å²) in [5.41, 5.74) is 20.8. The molecule has 4 aromatic rings. The number of anilines is 1. The second-order valence-electron chi connectivity index (χ2n) is 10.0. The number of hydrogen-bond donors (Lipinski definition) is 5. The molecule has 0 fully saturated rings. The number of hydrogen-bond acceptors (Lipinski definition) is 8. The molecule has 0 bridgehead atoms. The fraction of sp³-hybridized carbons (Fsp3) is 0.333. The van der Waals surface area contributed by atoms with Gasteiger partial charge >= 0.3 is 0 Å². The van der Waals surface area contributed by atoms with Gasteiger partial charge < -0.3 is 37.3 Å². The number of amides is 2. The van der Waals surface area contributed by atoms with Gasteiger partial charge in [-0.25, -0.2) is 4.98 Å². The van der Waals surface area contributed by atoms with Gasteiger partial charge in [0.15, 0.2) is 0 Å². The molecule has 216 valence electrons. The number of nitrogens with zero attached hydrogens (tertiary/aromatic N) is 4. The van der Waals surface area contributed by atoms with E-state index in [1.165, 1.54) is 0 Å². The molecule has 0 aliphatic heterocycles. The second kappa shape index (κ2) is 15.0. The lowest BCUT2D eigenvalue weighted by Gasteiger charge is -2.24. The summed E-state index contributed by atoms with van der Waals surface area (Å²) in [6.07, 6.45) is 5.80. The van der Waals surface area contributed by atoms with Crippen LogP contribution in [0, 0.1) is 0 Å². The Kier molecular flexibility index (Phi) is 10.9. The van der Waals surface area contributed by atoms with E-state index in [4.69, 9.17) is 17.2 Å². The Bertz CT molecular complexity index is 1400. The first kappa shape index (κ1) is 29.8. The van der Waals surface area contributed by atoms with Crippen LogP contribution in [0.4, 0.5) is 5.69 Å². The van der Waals surface area contributed by atoms with Gasteiger partial charge in [-0.1, -0.05) is 48.5 Å². The Morgan fingerprint density at radius 3 is 2.41 bits per heavy atom. The van der Waals surface area contributed by atoms with Crippen molar-refractivity contribution in [3.05, 3.63) is 90.6 Å². The molecule has 0 spiro atoms. The topological polar surface area (TPSA) is 170 Å². The second-order valence-corrected chi connectivity index (χ2v) is 10.0. The van der Waals surface area contributed by atoms with Crippen LogP contribution in [0.5, 0.6) is 0 Å². The predicted octanol–water partition coefficient (Wildman–Crippen LogP) is 1.08. The Morgan fingerprint density at radius 2 is 1.66 bits per heavy atom. The number of carbonyl (C=O) groups excluding carboxylic acids is 2. The van der Waals surface area contributed by atoms with Crippen LogP contribution >= 0.6 is 0 Å². The van der Waals surface area contributed by atoms with Crippen LogP contribution in [0.1, 0.15) is 17.7 Å². The molecule has 0 aliphatic carbocycles. The minimum absolute atomic E-state index is 0.194. The molecule has 11 nitrogen and oxygen atoms in total. The molecule has 2 amide bonds. The molecule has 2 aromatic carbocycles. The monoisotopic (exact) mass is 557 g/mol. The molecule has 11 heteroatoms. The highest BCUT2D eigenvalue weighted by molar-refractivity contribution is 5.99. The number of nitrogens with one attached hydrogen (secondary N) is 2. The first-order chi connectivity index (χ1) is 19.9. The van der Waals surface area contributed by atoms with Crippen LogP contribution in [-0.2, 0) is 22.6 Å². The van der Waals surface area contributed by atoms with Gasteiger partial charge in [-0.2, -0.15) is 0 Å². The lowest BCUT2D eigenvalue weighted by atomic mass is 10.1. The van der Waals surface area contributed by atoms with E-state index < -0.39 is 18.0 Å². The standard InChI is InChI=1S/C30H39N9O2/c31-11-14-38(15-12-32)13-10-26(33)29(40)37-28(17-25-20-39(21-35-25)19-22-6-2-1-3-7-22)30(41)36-24-16-23-8-4-5-9-27(23)34-18-24/h1-9,16,18,20-21,26,28H,10-15,17,19,31-33H2,(H,36,41)(H,37,40). The first-order valence-electron chi connectivity index (χ1n) is 13.8. The van der Waals surface area contributed by atoms with Gasteiger partial charge in [-0.3, -0.25) is 14.6 Å². The lowest BCUT2D eigenvalue weighted by molar-refractivity contribution is -0.127.